The van der Waals surface area contributed by atoms with E-state index in [-0.39, 0.29) is 23.1 Å². The average molecular weight is 326 g/mol. The van der Waals surface area contributed by atoms with E-state index in [9.17, 15) is 9.18 Å². The molecule has 1 fully saturated rings. The summed E-state index contributed by atoms with van der Waals surface area (Å²) in [6, 6.07) is 3.48. The lowest BCUT2D eigenvalue weighted by molar-refractivity contribution is -0.0119. The van der Waals surface area contributed by atoms with Gasteiger partial charge in [0.2, 0.25) is 0 Å². The number of benzene rings is 1. The molecule has 2 aromatic rings. The third-order valence-corrected chi connectivity index (χ3v) is 3.69. The molecule has 0 bridgehead atoms. The third kappa shape index (κ3) is 2.82. The van der Waals surface area contributed by atoms with Crippen molar-refractivity contribution < 1.29 is 18.4 Å². The molecule has 0 spiro atoms. The number of carbonyl (C=O) groups excluding carboxylic acids is 1. The van der Waals surface area contributed by atoms with E-state index in [2.05, 4.69) is 10.1 Å². The summed E-state index contributed by atoms with van der Waals surface area (Å²) in [5, 5.41) is 3.70. The quantitative estimate of drug-likeness (QED) is 0.848. The van der Waals surface area contributed by atoms with Crippen LogP contribution in [0.3, 0.4) is 0 Å². The van der Waals surface area contributed by atoms with Gasteiger partial charge in [0, 0.05) is 12.1 Å². The molecular weight excluding hydrogens is 313 g/mol. The predicted octanol–water partition coefficient (Wildman–Crippen LogP) is 2.38. The van der Waals surface area contributed by atoms with Gasteiger partial charge in [-0.25, -0.2) is 4.39 Å². The van der Waals surface area contributed by atoms with Gasteiger partial charge in [0.25, 0.3) is 11.8 Å². The largest absolute Gasteiger partial charge is 0.377 e. The molecular formula is C14H13ClFN3O3. The summed E-state index contributed by atoms with van der Waals surface area (Å²) in [5.74, 6) is -0.184. The summed E-state index contributed by atoms with van der Waals surface area (Å²) in [6.45, 7) is 2.70. The molecule has 3 rings (SSSR count). The van der Waals surface area contributed by atoms with E-state index in [1.54, 1.807) is 11.8 Å². The van der Waals surface area contributed by atoms with Crippen molar-refractivity contribution in [2.24, 2.45) is 0 Å². The highest BCUT2D eigenvalue weighted by atomic mass is 35.5. The molecule has 0 saturated carbocycles. The van der Waals surface area contributed by atoms with Crippen molar-refractivity contribution in [3.63, 3.8) is 0 Å². The Morgan fingerprint density at radius 3 is 3.00 bits per heavy atom. The number of amides is 1. The van der Waals surface area contributed by atoms with Crippen molar-refractivity contribution in [2.45, 2.75) is 13.0 Å². The van der Waals surface area contributed by atoms with Crippen molar-refractivity contribution in [1.29, 1.82) is 0 Å². The second kappa shape index (κ2) is 6.02. The fraction of sp³-hybridized carbons (Fsp3) is 0.357. The summed E-state index contributed by atoms with van der Waals surface area (Å²) < 4.78 is 24.1. The maximum Gasteiger partial charge on any atom is 0.254 e. The summed E-state index contributed by atoms with van der Waals surface area (Å²) in [7, 11) is 0. The smallest absolute Gasteiger partial charge is 0.254 e. The van der Waals surface area contributed by atoms with Crippen molar-refractivity contribution in [1.82, 2.24) is 15.0 Å². The van der Waals surface area contributed by atoms with Gasteiger partial charge in [-0.05, 0) is 25.1 Å². The van der Waals surface area contributed by atoms with Crippen molar-refractivity contribution in [3.8, 4) is 0 Å². The Morgan fingerprint density at radius 2 is 2.32 bits per heavy atom. The zero-order valence-corrected chi connectivity index (χ0v) is 12.5. The lowest BCUT2D eigenvalue weighted by atomic mass is 10.1. The molecule has 116 valence electrons. The number of halogens is 2. The van der Waals surface area contributed by atoms with E-state index in [0.29, 0.717) is 24.9 Å². The van der Waals surface area contributed by atoms with Gasteiger partial charge >= 0.3 is 0 Å². The second-order valence-corrected chi connectivity index (χ2v) is 5.31. The Bertz CT molecular complexity index is 706. The van der Waals surface area contributed by atoms with Crippen LogP contribution >= 0.6 is 11.6 Å². The van der Waals surface area contributed by atoms with Gasteiger partial charge in [0.1, 0.15) is 11.9 Å². The van der Waals surface area contributed by atoms with Crippen LogP contribution in [0.2, 0.25) is 5.02 Å². The number of hydrogen-bond acceptors (Lipinski definition) is 5. The topological polar surface area (TPSA) is 68.5 Å². The second-order valence-electron chi connectivity index (χ2n) is 4.90. The van der Waals surface area contributed by atoms with Crippen LogP contribution in [0.5, 0.6) is 0 Å². The van der Waals surface area contributed by atoms with Crippen LogP contribution in [0.25, 0.3) is 0 Å². The van der Waals surface area contributed by atoms with E-state index >= 15 is 0 Å². The Morgan fingerprint density at radius 1 is 1.50 bits per heavy atom. The summed E-state index contributed by atoms with van der Waals surface area (Å²) in [4.78, 5) is 18.3. The lowest BCUT2D eigenvalue weighted by Gasteiger charge is -2.33. The number of rotatable bonds is 2. The zero-order valence-electron chi connectivity index (χ0n) is 11.8. The molecule has 0 unspecified atom stereocenters. The maximum atomic E-state index is 13.6. The highest BCUT2D eigenvalue weighted by Crippen LogP contribution is 2.26. The molecule has 1 aromatic carbocycles. The fourth-order valence-corrected chi connectivity index (χ4v) is 2.41. The van der Waals surface area contributed by atoms with E-state index in [1.165, 1.54) is 12.1 Å². The predicted molar refractivity (Wildman–Crippen MR) is 75.0 cm³/mol. The highest BCUT2D eigenvalue weighted by Gasteiger charge is 2.33. The van der Waals surface area contributed by atoms with Crippen molar-refractivity contribution in [2.75, 3.05) is 19.8 Å². The zero-order chi connectivity index (χ0) is 15.7. The number of carbonyl (C=O) groups is 1. The lowest BCUT2D eigenvalue weighted by Crippen LogP contribution is -2.43. The number of ether oxygens (including phenoxy) is 1. The molecule has 1 aliphatic heterocycles. The van der Waals surface area contributed by atoms with Crippen LogP contribution in [0, 0.1) is 12.7 Å². The van der Waals surface area contributed by atoms with E-state index in [4.69, 9.17) is 20.9 Å². The number of aromatic nitrogens is 2. The normalized spacial score (nSPS) is 18.5. The van der Waals surface area contributed by atoms with Gasteiger partial charge < -0.3 is 14.2 Å². The first kappa shape index (κ1) is 14.9. The number of hydrogen-bond donors (Lipinski definition) is 0. The minimum Gasteiger partial charge on any atom is -0.377 e. The molecule has 1 aromatic heterocycles. The first-order valence-corrected chi connectivity index (χ1v) is 7.08. The van der Waals surface area contributed by atoms with Crippen molar-refractivity contribution >= 4 is 17.5 Å². The standard InChI is InChI=1S/C14H13ClFN3O3/c1-8-17-13(22-18-8)12-7-21-5-4-19(12)14(20)9-2-3-10(15)11(16)6-9/h2-3,6,12H,4-5,7H2,1H3/t12-/m0/s1. The summed E-state index contributed by atoms with van der Waals surface area (Å²) in [6.07, 6.45) is 0. The summed E-state index contributed by atoms with van der Waals surface area (Å²) >= 11 is 5.65. The Hall–Kier alpha value is -1.99. The molecule has 0 N–H and O–H groups in total. The SMILES string of the molecule is Cc1noc([C@@H]2COCCN2C(=O)c2ccc(Cl)c(F)c2)n1. The minimum atomic E-state index is -0.633. The molecule has 22 heavy (non-hydrogen) atoms. The van der Waals surface area contributed by atoms with Crippen LogP contribution in [0.1, 0.15) is 28.1 Å². The Kier molecular flexibility index (Phi) is 4.08. The van der Waals surface area contributed by atoms with Crippen LogP contribution in [-0.4, -0.2) is 40.7 Å². The molecule has 1 amide bonds. The van der Waals surface area contributed by atoms with Crippen LogP contribution in [0.4, 0.5) is 4.39 Å². The van der Waals surface area contributed by atoms with Crippen LogP contribution in [-0.2, 0) is 4.74 Å². The number of aryl methyl sites for hydroxylation is 1. The molecule has 0 radical (unpaired) electrons. The number of nitrogens with zero attached hydrogens (tertiary/aromatic N) is 3. The molecule has 0 aliphatic carbocycles. The maximum absolute atomic E-state index is 13.6. The van der Waals surface area contributed by atoms with Gasteiger partial charge in [0.05, 0.1) is 18.2 Å². The molecule has 2 heterocycles. The van der Waals surface area contributed by atoms with Crippen LogP contribution in [0.15, 0.2) is 22.7 Å². The van der Waals surface area contributed by atoms with E-state index in [1.807, 2.05) is 0 Å². The van der Waals surface area contributed by atoms with E-state index in [0.717, 1.165) is 6.07 Å². The molecule has 6 nitrogen and oxygen atoms in total. The first-order chi connectivity index (χ1) is 10.6. The van der Waals surface area contributed by atoms with Crippen molar-refractivity contribution in [3.05, 3.63) is 46.3 Å². The van der Waals surface area contributed by atoms with E-state index < -0.39 is 11.9 Å². The van der Waals surface area contributed by atoms with Gasteiger partial charge in [-0.3, -0.25) is 4.79 Å². The molecule has 8 heteroatoms. The third-order valence-electron chi connectivity index (χ3n) is 3.38. The Labute approximate surface area is 130 Å². The van der Waals surface area contributed by atoms with Gasteiger partial charge in [-0.2, -0.15) is 4.98 Å². The molecule has 1 saturated heterocycles. The number of morpholine rings is 1. The highest BCUT2D eigenvalue weighted by molar-refractivity contribution is 6.30. The van der Waals surface area contributed by atoms with Gasteiger partial charge in [-0.1, -0.05) is 16.8 Å². The fourth-order valence-electron chi connectivity index (χ4n) is 2.29. The average Bonchev–Trinajstić information content (AvgIpc) is 2.96. The van der Waals surface area contributed by atoms with Crippen LogP contribution < -0.4 is 0 Å². The van der Waals surface area contributed by atoms with Gasteiger partial charge in [0.15, 0.2) is 5.82 Å². The molecule has 1 aliphatic rings. The summed E-state index contributed by atoms with van der Waals surface area (Å²) in [5.41, 5.74) is 0.213. The molecule has 1 atom stereocenters. The Balaban J connectivity index is 1.89. The monoisotopic (exact) mass is 325 g/mol. The van der Waals surface area contributed by atoms with Gasteiger partial charge in [-0.15, -0.1) is 0 Å². The first-order valence-electron chi connectivity index (χ1n) is 6.70. The minimum absolute atomic E-state index is 0.0254.